The molecule has 0 bridgehead atoms. The number of aromatic nitrogens is 1. The van der Waals surface area contributed by atoms with Crippen molar-refractivity contribution in [3.63, 3.8) is 0 Å². The van der Waals surface area contributed by atoms with Gasteiger partial charge in [-0.1, -0.05) is 0 Å². The number of anilines is 1. The molecule has 66 valence electrons. The van der Waals surface area contributed by atoms with Gasteiger partial charge in [-0.3, -0.25) is 0 Å². The second-order valence-corrected chi connectivity index (χ2v) is 4.30. The highest BCUT2D eigenvalue weighted by Gasteiger charge is 2.23. The van der Waals surface area contributed by atoms with Crippen LogP contribution in [-0.2, 0) is 0 Å². The zero-order valence-electron chi connectivity index (χ0n) is 6.96. The Balaban J connectivity index is 2.11. The summed E-state index contributed by atoms with van der Waals surface area (Å²) >= 11 is 1.64. The predicted octanol–water partition coefficient (Wildman–Crippen LogP) is 2.00. The van der Waals surface area contributed by atoms with E-state index in [0.717, 1.165) is 11.7 Å². The molecule has 0 N–H and O–H groups in total. The Bertz CT molecular complexity index is 274. The quantitative estimate of drug-likeness (QED) is 0.667. The van der Waals surface area contributed by atoms with Gasteiger partial charge < -0.3 is 4.90 Å². The van der Waals surface area contributed by atoms with Gasteiger partial charge in [-0.05, 0) is 13.3 Å². The summed E-state index contributed by atoms with van der Waals surface area (Å²) in [6, 6.07) is 0. The van der Waals surface area contributed by atoms with Crippen LogP contribution < -0.4 is 4.90 Å². The number of alkyl halides is 1. The standard InChI is InChI=1S/C8H11FN2S/c1-6-4-10-8(12-6)11-3-2-7(9)5-11/h4,7H,2-3,5H2,1H3/t7-/m1/s1. The van der Waals surface area contributed by atoms with Crippen molar-refractivity contribution < 1.29 is 4.39 Å². The smallest absolute Gasteiger partial charge is 0.185 e. The molecule has 0 amide bonds. The summed E-state index contributed by atoms with van der Waals surface area (Å²) in [7, 11) is 0. The van der Waals surface area contributed by atoms with Crippen LogP contribution in [0.25, 0.3) is 0 Å². The first kappa shape index (κ1) is 7.98. The first-order valence-corrected chi connectivity index (χ1v) is 4.89. The summed E-state index contributed by atoms with van der Waals surface area (Å²) in [5, 5.41) is 0.965. The van der Waals surface area contributed by atoms with Gasteiger partial charge in [-0.2, -0.15) is 0 Å². The predicted molar refractivity (Wildman–Crippen MR) is 48.6 cm³/mol. The molecule has 1 aromatic heterocycles. The van der Waals surface area contributed by atoms with Gasteiger partial charge in [0.05, 0.1) is 6.54 Å². The molecule has 1 aliphatic heterocycles. The number of hydrogen-bond acceptors (Lipinski definition) is 3. The average Bonchev–Trinajstić information content (AvgIpc) is 2.58. The largest absolute Gasteiger partial charge is 0.345 e. The van der Waals surface area contributed by atoms with Crippen LogP contribution in [0.4, 0.5) is 9.52 Å². The van der Waals surface area contributed by atoms with Crippen molar-refractivity contribution in [2.75, 3.05) is 18.0 Å². The molecule has 12 heavy (non-hydrogen) atoms. The molecule has 2 nitrogen and oxygen atoms in total. The number of aryl methyl sites for hydroxylation is 1. The third kappa shape index (κ3) is 1.43. The summed E-state index contributed by atoms with van der Waals surface area (Å²) in [6.45, 7) is 3.35. The van der Waals surface area contributed by atoms with Gasteiger partial charge in [0.2, 0.25) is 0 Å². The minimum Gasteiger partial charge on any atom is -0.345 e. The highest BCUT2D eigenvalue weighted by Crippen LogP contribution is 2.25. The third-order valence-corrected chi connectivity index (χ3v) is 2.98. The molecule has 1 atom stereocenters. The fourth-order valence-corrected chi connectivity index (χ4v) is 2.17. The summed E-state index contributed by atoms with van der Waals surface area (Å²) in [5.41, 5.74) is 0. The Morgan fingerprint density at radius 2 is 2.58 bits per heavy atom. The van der Waals surface area contributed by atoms with E-state index in [1.54, 1.807) is 11.3 Å². The number of halogens is 1. The summed E-state index contributed by atoms with van der Waals surface area (Å²) < 4.78 is 12.8. The maximum atomic E-state index is 12.8. The molecule has 0 aromatic carbocycles. The second-order valence-electron chi connectivity index (χ2n) is 3.09. The van der Waals surface area contributed by atoms with Gasteiger partial charge in [-0.15, -0.1) is 11.3 Å². The van der Waals surface area contributed by atoms with Crippen LogP contribution in [0.5, 0.6) is 0 Å². The van der Waals surface area contributed by atoms with Crippen LogP contribution in [0.1, 0.15) is 11.3 Å². The fraction of sp³-hybridized carbons (Fsp3) is 0.625. The summed E-state index contributed by atoms with van der Waals surface area (Å²) in [5.74, 6) is 0. The van der Waals surface area contributed by atoms with Gasteiger partial charge in [0.1, 0.15) is 6.17 Å². The molecule has 4 heteroatoms. The van der Waals surface area contributed by atoms with E-state index in [2.05, 4.69) is 4.98 Å². The van der Waals surface area contributed by atoms with Crippen LogP contribution in [0.2, 0.25) is 0 Å². The molecule has 2 rings (SSSR count). The van der Waals surface area contributed by atoms with E-state index in [4.69, 9.17) is 0 Å². The van der Waals surface area contributed by atoms with Crippen LogP contribution in [0.15, 0.2) is 6.20 Å². The molecule has 2 heterocycles. The molecular weight excluding hydrogens is 175 g/mol. The van der Waals surface area contributed by atoms with Crippen LogP contribution in [0, 0.1) is 6.92 Å². The van der Waals surface area contributed by atoms with E-state index < -0.39 is 6.17 Å². The highest BCUT2D eigenvalue weighted by atomic mass is 32.1. The fourth-order valence-electron chi connectivity index (χ4n) is 1.38. The van der Waals surface area contributed by atoms with Crippen molar-refractivity contribution in [2.45, 2.75) is 19.5 Å². The molecular formula is C8H11FN2S. The third-order valence-electron chi connectivity index (χ3n) is 2.01. The Morgan fingerprint density at radius 3 is 3.08 bits per heavy atom. The van der Waals surface area contributed by atoms with E-state index in [1.165, 1.54) is 4.88 Å². The van der Waals surface area contributed by atoms with Crippen LogP contribution >= 0.6 is 11.3 Å². The molecule has 0 radical (unpaired) electrons. The molecule has 1 aromatic rings. The van der Waals surface area contributed by atoms with Crippen molar-refractivity contribution >= 4 is 16.5 Å². The summed E-state index contributed by atoms with van der Waals surface area (Å²) in [6.07, 6.45) is 1.83. The number of hydrogen-bond donors (Lipinski definition) is 0. The molecule has 1 saturated heterocycles. The monoisotopic (exact) mass is 186 g/mol. The minimum absolute atomic E-state index is 0.521. The average molecular weight is 186 g/mol. The lowest BCUT2D eigenvalue weighted by Gasteiger charge is -2.11. The number of nitrogens with zero attached hydrogens (tertiary/aromatic N) is 2. The maximum Gasteiger partial charge on any atom is 0.185 e. The van der Waals surface area contributed by atoms with Crippen molar-refractivity contribution in [1.29, 1.82) is 0 Å². The maximum absolute atomic E-state index is 12.8. The van der Waals surface area contributed by atoms with Crippen LogP contribution in [-0.4, -0.2) is 24.2 Å². The topological polar surface area (TPSA) is 16.1 Å². The Hall–Kier alpha value is -0.640. The van der Waals surface area contributed by atoms with E-state index in [9.17, 15) is 4.39 Å². The van der Waals surface area contributed by atoms with E-state index >= 15 is 0 Å². The van der Waals surface area contributed by atoms with Crippen molar-refractivity contribution in [3.8, 4) is 0 Å². The van der Waals surface area contributed by atoms with E-state index in [0.29, 0.717) is 13.0 Å². The van der Waals surface area contributed by atoms with Crippen molar-refractivity contribution in [3.05, 3.63) is 11.1 Å². The lowest BCUT2D eigenvalue weighted by molar-refractivity contribution is 0.364. The Kier molecular flexibility index (Phi) is 2.00. The van der Waals surface area contributed by atoms with Gasteiger partial charge in [-0.25, -0.2) is 9.37 Å². The molecule has 0 spiro atoms. The number of rotatable bonds is 1. The van der Waals surface area contributed by atoms with Crippen molar-refractivity contribution in [2.24, 2.45) is 0 Å². The molecule has 0 saturated carbocycles. The highest BCUT2D eigenvalue weighted by molar-refractivity contribution is 7.15. The molecule has 0 aliphatic carbocycles. The zero-order chi connectivity index (χ0) is 8.55. The van der Waals surface area contributed by atoms with Gasteiger partial charge >= 0.3 is 0 Å². The van der Waals surface area contributed by atoms with E-state index in [-0.39, 0.29) is 0 Å². The Morgan fingerprint density at radius 1 is 1.75 bits per heavy atom. The summed E-state index contributed by atoms with van der Waals surface area (Å²) in [4.78, 5) is 7.41. The van der Waals surface area contributed by atoms with Gasteiger partial charge in [0.15, 0.2) is 5.13 Å². The molecule has 1 aliphatic rings. The van der Waals surface area contributed by atoms with Crippen molar-refractivity contribution in [1.82, 2.24) is 4.98 Å². The SMILES string of the molecule is Cc1cnc(N2CC[C@@H](F)C2)s1. The molecule has 0 unspecified atom stereocenters. The zero-order valence-corrected chi connectivity index (χ0v) is 7.77. The normalized spacial score (nSPS) is 23.5. The van der Waals surface area contributed by atoms with Gasteiger partial charge in [0.25, 0.3) is 0 Å². The first-order valence-electron chi connectivity index (χ1n) is 4.07. The second kappa shape index (κ2) is 3.01. The lowest BCUT2D eigenvalue weighted by atomic mass is 10.3. The number of thiazole rings is 1. The van der Waals surface area contributed by atoms with Gasteiger partial charge in [0, 0.05) is 17.6 Å². The minimum atomic E-state index is -0.658. The van der Waals surface area contributed by atoms with Crippen LogP contribution in [0.3, 0.4) is 0 Å². The molecule has 1 fully saturated rings. The first-order chi connectivity index (χ1) is 5.75. The lowest BCUT2D eigenvalue weighted by Crippen LogP contribution is -2.19. The Labute approximate surface area is 75.0 Å². The van der Waals surface area contributed by atoms with E-state index in [1.807, 2.05) is 18.0 Å².